The van der Waals surface area contributed by atoms with E-state index in [-0.39, 0.29) is 30.3 Å². The van der Waals surface area contributed by atoms with Gasteiger partial charge in [-0.2, -0.15) is 0 Å². The van der Waals surface area contributed by atoms with Crippen LogP contribution >= 0.6 is 23.7 Å². The number of amides is 1. The number of carbonyl (C=O) groups excluding carboxylic acids is 1. The first kappa shape index (κ1) is 17.2. The van der Waals surface area contributed by atoms with Crippen molar-refractivity contribution in [2.24, 2.45) is 29.4 Å². The van der Waals surface area contributed by atoms with E-state index in [0.717, 1.165) is 12.8 Å². The van der Waals surface area contributed by atoms with Gasteiger partial charge in [-0.25, -0.2) is 0 Å². The molecule has 4 rings (SSSR count). The normalized spacial score (nSPS) is 34.3. The molecule has 0 radical (unpaired) electrons. The molecule has 1 heterocycles. The molecule has 0 aliphatic heterocycles. The molecule has 2 bridgehead atoms. The molecule has 3 unspecified atom stereocenters. The molecular formula is C18H27ClN2OS. The molecule has 1 aromatic rings. The molecule has 23 heavy (non-hydrogen) atoms. The Morgan fingerprint density at radius 2 is 1.91 bits per heavy atom. The molecule has 0 saturated heterocycles. The number of rotatable bonds is 4. The lowest BCUT2D eigenvalue weighted by molar-refractivity contribution is -0.128. The lowest BCUT2D eigenvalue weighted by Crippen LogP contribution is -2.49. The van der Waals surface area contributed by atoms with Gasteiger partial charge in [0, 0.05) is 16.8 Å². The minimum atomic E-state index is 0. The molecule has 3 N–H and O–H groups in total. The second-order valence-corrected chi connectivity index (χ2v) is 8.52. The average molecular weight is 355 g/mol. The lowest BCUT2D eigenvalue weighted by atomic mass is 9.65. The first-order valence-electron chi connectivity index (χ1n) is 8.81. The van der Waals surface area contributed by atoms with Gasteiger partial charge in [0.05, 0.1) is 6.04 Å². The lowest BCUT2D eigenvalue weighted by Gasteiger charge is -2.43. The second kappa shape index (κ2) is 7.12. The van der Waals surface area contributed by atoms with Crippen molar-refractivity contribution in [2.75, 3.05) is 0 Å². The Balaban J connectivity index is 0.00000156. The van der Waals surface area contributed by atoms with E-state index >= 15 is 0 Å². The van der Waals surface area contributed by atoms with E-state index in [2.05, 4.69) is 22.8 Å². The van der Waals surface area contributed by atoms with Crippen LogP contribution in [0.2, 0.25) is 0 Å². The number of hydrogen-bond donors (Lipinski definition) is 2. The van der Waals surface area contributed by atoms with Crippen molar-refractivity contribution < 1.29 is 4.79 Å². The molecule has 0 aromatic carbocycles. The summed E-state index contributed by atoms with van der Waals surface area (Å²) in [7, 11) is 0. The zero-order valence-corrected chi connectivity index (χ0v) is 15.1. The van der Waals surface area contributed by atoms with Gasteiger partial charge in [0.25, 0.3) is 0 Å². The molecule has 5 heteroatoms. The van der Waals surface area contributed by atoms with Crippen LogP contribution < -0.4 is 11.1 Å². The molecule has 128 valence electrons. The van der Waals surface area contributed by atoms with Crippen LogP contribution in [0.4, 0.5) is 0 Å². The monoisotopic (exact) mass is 354 g/mol. The smallest absolute Gasteiger partial charge is 0.223 e. The van der Waals surface area contributed by atoms with Crippen molar-refractivity contribution in [1.82, 2.24) is 5.32 Å². The summed E-state index contributed by atoms with van der Waals surface area (Å²) in [4.78, 5) is 14.1. The van der Waals surface area contributed by atoms with E-state index in [1.807, 2.05) is 0 Å². The van der Waals surface area contributed by atoms with Gasteiger partial charge in [-0.15, -0.1) is 23.7 Å². The van der Waals surface area contributed by atoms with Gasteiger partial charge in [-0.3, -0.25) is 4.79 Å². The molecule has 3 saturated carbocycles. The van der Waals surface area contributed by atoms with Gasteiger partial charge < -0.3 is 11.1 Å². The van der Waals surface area contributed by atoms with Gasteiger partial charge >= 0.3 is 0 Å². The Kier molecular flexibility index (Phi) is 5.34. The van der Waals surface area contributed by atoms with Crippen molar-refractivity contribution in [3.8, 4) is 0 Å². The number of thiophene rings is 1. The van der Waals surface area contributed by atoms with Gasteiger partial charge in [0.15, 0.2) is 0 Å². The molecule has 3 aliphatic carbocycles. The third-order valence-corrected chi connectivity index (χ3v) is 6.98. The highest BCUT2D eigenvalue weighted by Crippen LogP contribution is 2.44. The van der Waals surface area contributed by atoms with Crippen molar-refractivity contribution in [1.29, 1.82) is 0 Å². The standard InChI is InChI=1S/C18H26N2OS.ClH/c19-16-12-3-1-4-13(16)10-14(9-12)18(21)20-17(11-6-7-11)15-5-2-8-22-15;/h2,5,8,11-14,16-17H,1,3-4,6-7,9-10,19H2,(H,20,21);1H. The largest absolute Gasteiger partial charge is 0.348 e. The summed E-state index contributed by atoms with van der Waals surface area (Å²) < 4.78 is 0. The molecule has 1 aromatic heterocycles. The summed E-state index contributed by atoms with van der Waals surface area (Å²) >= 11 is 1.77. The fourth-order valence-corrected chi connectivity index (χ4v) is 5.46. The quantitative estimate of drug-likeness (QED) is 0.861. The van der Waals surface area contributed by atoms with Crippen LogP contribution in [0.5, 0.6) is 0 Å². The number of halogens is 1. The number of fused-ring (bicyclic) bond motifs is 2. The maximum absolute atomic E-state index is 12.8. The van der Waals surface area contributed by atoms with E-state index in [1.165, 1.54) is 37.0 Å². The zero-order chi connectivity index (χ0) is 15.1. The summed E-state index contributed by atoms with van der Waals surface area (Å²) in [5.41, 5.74) is 6.35. The fraction of sp³-hybridized carbons (Fsp3) is 0.722. The zero-order valence-electron chi connectivity index (χ0n) is 13.4. The Morgan fingerprint density at radius 1 is 1.22 bits per heavy atom. The Hall–Kier alpha value is -0.580. The van der Waals surface area contributed by atoms with Crippen molar-refractivity contribution in [3.63, 3.8) is 0 Å². The van der Waals surface area contributed by atoms with E-state index in [4.69, 9.17) is 5.73 Å². The highest BCUT2D eigenvalue weighted by Gasteiger charge is 2.42. The third-order valence-electron chi connectivity index (χ3n) is 6.02. The summed E-state index contributed by atoms with van der Waals surface area (Å²) in [6.07, 6.45) is 8.26. The molecule has 1 amide bonds. The number of nitrogens with one attached hydrogen (secondary N) is 1. The maximum Gasteiger partial charge on any atom is 0.223 e. The second-order valence-electron chi connectivity index (χ2n) is 7.54. The summed E-state index contributed by atoms with van der Waals surface area (Å²) in [5.74, 6) is 2.28. The highest BCUT2D eigenvalue weighted by molar-refractivity contribution is 7.10. The van der Waals surface area contributed by atoms with E-state index in [1.54, 1.807) is 11.3 Å². The van der Waals surface area contributed by atoms with Crippen LogP contribution in [0, 0.1) is 23.7 Å². The van der Waals surface area contributed by atoms with Crippen LogP contribution in [0.25, 0.3) is 0 Å². The summed E-state index contributed by atoms with van der Waals surface area (Å²) in [5, 5.41) is 5.50. The molecular weight excluding hydrogens is 328 g/mol. The van der Waals surface area contributed by atoms with Crippen LogP contribution in [0.3, 0.4) is 0 Å². The van der Waals surface area contributed by atoms with Crippen LogP contribution in [0.15, 0.2) is 17.5 Å². The Bertz CT molecular complexity index is 517. The highest BCUT2D eigenvalue weighted by atomic mass is 35.5. The molecule has 3 nitrogen and oxygen atoms in total. The minimum absolute atomic E-state index is 0. The van der Waals surface area contributed by atoms with Gasteiger partial charge in [-0.1, -0.05) is 12.5 Å². The molecule has 3 aliphatic rings. The predicted octanol–water partition coefficient (Wildman–Crippen LogP) is 3.89. The van der Waals surface area contributed by atoms with Crippen molar-refractivity contribution in [2.45, 2.75) is 57.0 Å². The van der Waals surface area contributed by atoms with Gasteiger partial charge in [-0.05, 0) is 67.7 Å². The average Bonchev–Trinajstić information content (AvgIpc) is 3.18. The summed E-state index contributed by atoms with van der Waals surface area (Å²) in [6.45, 7) is 0. The van der Waals surface area contributed by atoms with E-state index in [9.17, 15) is 4.79 Å². The van der Waals surface area contributed by atoms with Crippen molar-refractivity contribution in [3.05, 3.63) is 22.4 Å². The Labute approximate surface area is 148 Å². The SMILES string of the molecule is Cl.NC1C2CCCC1CC(C(=O)NC(c1cccs1)C1CC1)C2. The topological polar surface area (TPSA) is 55.1 Å². The first-order chi connectivity index (χ1) is 10.7. The van der Waals surface area contributed by atoms with Crippen LogP contribution in [-0.2, 0) is 4.79 Å². The molecule has 3 fully saturated rings. The number of carbonyl (C=O) groups is 1. The Morgan fingerprint density at radius 3 is 2.48 bits per heavy atom. The maximum atomic E-state index is 12.8. The van der Waals surface area contributed by atoms with E-state index in [0.29, 0.717) is 23.8 Å². The molecule has 0 spiro atoms. The van der Waals surface area contributed by atoms with Crippen LogP contribution in [0.1, 0.15) is 55.9 Å². The van der Waals surface area contributed by atoms with Crippen LogP contribution in [-0.4, -0.2) is 11.9 Å². The summed E-state index contributed by atoms with van der Waals surface area (Å²) in [6, 6.07) is 4.85. The third kappa shape index (κ3) is 3.59. The fourth-order valence-electron chi connectivity index (χ4n) is 4.59. The minimum Gasteiger partial charge on any atom is -0.348 e. The van der Waals surface area contributed by atoms with Gasteiger partial charge in [0.1, 0.15) is 0 Å². The predicted molar refractivity (Wildman–Crippen MR) is 96.7 cm³/mol. The molecule has 3 atom stereocenters. The van der Waals surface area contributed by atoms with Crippen molar-refractivity contribution >= 4 is 29.7 Å². The number of hydrogen-bond acceptors (Lipinski definition) is 3. The first-order valence-corrected chi connectivity index (χ1v) is 9.69. The van der Waals surface area contributed by atoms with E-state index < -0.39 is 0 Å². The number of nitrogens with two attached hydrogens (primary N) is 1. The van der Waals surface area contributed by atoms with Gasteiger partial charge in [0.2, 0.25) is 5.91 Å².